The molecule has 0 unspecified atom stereocenters. The van der Waals surface area contributed by atoms with Crippen LogP contribution in [-0.2, 0) is 16.4 Å². The molecule has 2 rings (SSSR count). The molecule has 0 spiro atoms. The maximum Gasteiger partial charge on any atom is 0.261 e. The van der Waals surface area contributed by atoms with Gasteiger partial charge < -0.3 is 0 Å². The van der Waals surface area contributed by atoms with Crippen molar-refractivity contribution in [2.45, 2.75) is 11.3 Å². The highest BCUT2D eigenvalue weighted by Crippen LogP contribution is 2.24. The van der Waals surface area contributed by atoms with E-state index in [-0.39, 0.29) is 22.0 Å². The summed E-state index contributed by atoms with van der Waals surface area (Å²) in [6.07, 6.45) is 0.191. The minimum absolute atomic E-state index is 0.0245. The lowest BCUT2D eigenvalue weighted by Gasteiger charge is -2.09. The number of benzene rings is 2. The Balaban J connectivity index is 2.30. The average Bonchev–Trinajstić information content (AvgIpc) is 2.45. The Hall–Kier alpha value is -2.10. The highest BCUT2D eigenvalue weighted by atomic mass is 35.5. The van der Waals surface area contributed by atoms with Crippen LogP contribution in [0, 0.1) is 17.1 Å². The van der Waals surface area contributed by atoms with Crippen LogP contribution in [0.1, 0.15) is 5.56 Å². The van der Waals surface area contributed by atoms with Crippen molar-refractivity contribution >= 4 is 27.3 Å². The van der Waals surface area contributed by atoms with Crippen LogP contribution in [0.2, 0.25) is 5.02 Å². The van der Waals surface area contributed by atoms with Crippen LogP contribution in [-0.4, -0.2) is 8.42 Å². The van der Waals surface area contributed by atoms with Crippen molar-refractivity contribution in [3.8, 4) is 6.07 Å². The minimum Gasteiger partial charge on any atom is -0.277 e. The number of hydrogen-bond donors (Lipinski definition) is 1. The molecule has 0 atom stereocenters. The van der Waals surface area contributed by atoms with Crippen molar-refractivity contribution in [1.82, 2.24) is 0 Å². The molecular weight excluding hydrogens is 315 g/mol. The number of rotatable bonds is 4. The molecule has 0 aliphatic heterocycles. The van der Waals surface area contributed by atoms with Crippen LogP contribution < -0.4 is 4.72 Å². The molecule has 0 bridgehead atoms. The zero-order valence-electron chi connectivity index (χ0n) is 10.7. The standard InChI is InChI=1S/C14H10ClFN2O2S/c15-12-2-1-3-13(14(12)16)18-21(19,20)11-6-4-10(5-7-11)8-9-17/h1-7,18H,8H2. The van der Waals surface area contributed by atoms with Crippen molar-refractivity contribution in [3.05, 3.63) is 58.9 Å². The number of nitriles is 1. The lowest BCUT2D eigenvalue weighted by Crippen LogP contribution is -2.14. The summed E-state index contributed by atoms with van der Waals surface area (Å²) in [4.78, 5) is -0.0245. The maximum absolute atomic E-state index is 13.7. The summed E-state index contributed by atoms with van der Waals surface area (Å²) in [6, 6.07) is 11.8. The van der Waals surface area contributed by atoms with Crippen LogP contribution in [0.3, 0.4) is 0 Å². The summed E-state index contributed by atoms with van der Waals surface area (Å²) in [5.74, 6) is -0.830. The van der Waals surface area contributed by atoms with Crippen LogP contribution >= 0.6 is 11.6 Å². The molecule has 4 nitrogen and oxygen atoms in total. The van der Waals surface area contributed by atoms with Crippen LogP contribution in [0.15, 0.2) is 47.4 Å². The van der Waals surface area contributed by atoms with E-state index in [1.807, 2.05) is 6.07 Å². The molecule has 1 N–H and O–H groups in total. The first-order chi connectivity index (χ1) is 9.94. The Morgan fingerprint density at radius 2 is 1.86 bits per heavy atom. The lowest BCUT2D eigenvalue weighted by molar-refractivity contribution is 0.598. The molecule has 0 aliphatic rings. The number of sulfonamides is 1. The van der Waals surface area contributed by atoms with Gasteiger partial charge in [0, 0.05) is 0 Å². The molecule has 21 heavy (non-hydrogen) atoms. The van der Waals surface area contributed by atoms with E-state index in [1.54, 1.807) is 0 Å². The van der Waals surface area contributed by atoms with Crippen LogP contribution in [0.25, 0.3) is 0 Å². The fourth-order valence-electron chi connectivity index (χ4n) is 1.66. The number of hydrogen-bond acceptors (Lipinski definition) is 3. The first kappa shape index (κ1) is 15.3. The van der Waals surface area contributed by atoms with E-state index in [1.165, 1.54) is 42.5 Å². The van der Waals surface area contributed by atoms with Gasteiger partial charge in [-0.25, -0.2) is 12.8 Å². The van der Waals surface area contributed by atoms with Crippen LogP contribution in [0.5, 0.6) is 0 Å². The van der Waals surface area contributed by atoms with Gasteiger partial charge in [0.15, 0.2) is 5.82 Å². The summed E-state index contributed by atoms with van der Waals surface area (Å²) in [6.45, 7) is 0. The fraction of sp³-hybridized carbons (Fsp3) is 0.0714. The third-order valence-electron chi connectivity index (χ3n) is 2.71. The predicted octanol–water partition coefficient (Wildman–Crippen LogP) is 3.35. The summed E-state index contributed by atoms with van der Waals surface area (Å²) in [5, 5.41) is 8.40. The second kappa shape index (κ2) is 6.12. The quantitative estimate of drug-likeness (QED) is 0.937. The normalized spacial score (nSPS) is 10.9. The highest BCUT2D eigenvalue weighted by molar-refractivity contribution is 7.92. The van der Waals surface area contributed by atoms with Gasteiger partial charge in [0.05, 0.1) is 28.1 Å². The summed E-state index contributed by atoms with van der Waals surface area (Å²) in [5.41, 5.74) is 0.481. The Kier molecular flexibility index (Phi) is 4.46. The Labute approximate surface area is 126 Å². The molecule has 0 fully saturated rings. The maximum atomic E-state index is 13.7. The van der Waals surface area contributed by atoms with E-state index in [4.69, 9.17) is 16.9 Å². The zero-order chi connectivity index (χ0) is 15.5. The predicted molar refractivity (Wildman–Crippen MR) is 78.0 cm³/mol. The van der Waals surface area contributed by atoms with Crippen molar-refractivity contribution in [1.29, 1.82) is 5.26 Å². The number of nitrogens with one attached hydrogen (secondary N) is 1. The average molecular weight is 325 g/mol. The van der Waals surface area contributed by atoms with Crippen molar-refractivity contribution < 1.29 is 12.8 Å². The second-order valence-corrected chi connectivity index (χ2v) is 6.28. The first-order valence-corrected chi connectivity index (χ1v) is 7.73. The lowest BCUT2D eigenvalue weighted by atomic mass is 10.2. The molecule has 0 radical (unpaired) electrons. The van der Waals surface area contributed by atoms with Gasteiger partial charge in [-0.15, -0.1) is 0 Å². The topological polar surface area (TPSA) is 70.0 Å². The minimum atomic E-state index is -3.92. The van der Waals surface area contributed by atoms with Gasteiger partial charge in [-0.05, 0) is 29.8 Å². The second-order valence-electron chi connectivity index (χ2n) is 4.19. The molecule has 0 saturated heterocycles. The number of nitrogens with zero attached hydrogens (tertiary/aromatic N) is 1. The van der Waals surface area contributed by atoms with Gasteiger partial charge in [-0.2, -0.15) is 5.26 Å². The van der Waals surface area contributed by atoms with Gasteiger partial charge in [0.2, 0.25) is 0 Å². The van der Waals surface area contributed by atoms with Crippen molar-refractivity contribution in [2.75, 3.05) is 4.72 Å². The third kappa shape index (κ3) is 3.51. The van der Waals surface area contributed by atoms with E-state index >= 15 is 0 Å². The van der Waals surface area contributed by atoms with E-state index in [0.29, 0.717) is 5.56 Å². The van der Waals surface area contributed by atoms with Gasteiger partial charge >= 0.3 is 0 Å². The van der Waals surface area contributed by atoms with E-state index in [0.717, 1.165) is 0 Å². The molecule has 0 saturated carbocycles. The molecule has 7 heteroatoms. The first-order valence-electron chi connectivity index (χ1n) is 5.87. The number of anilines is 1. The monoisotopic (exact) mass is 324 g/mol. The van der Waals surface area contributed by atoms with Crippen molar-refractivity contribution in [3.63, 3.8) is 0 Å². The van der Waals surface area contributed by atoms with Gasteiger partial charge in [0.25, 0.3) is 10.0 Å². The molecule has 2 aromatic carbocycles. The highest BCUT2D eigenvalue weighted by Gasteiger charge is 2.17. The SMILES string of the molecule is N#CCc1ccc(S(=O)(=O)Nc2cccc(Cl)c2F)cc1. The molecule has 108 valence electrons. The molecule has 0 aliphatic carbocycles. The Morgan fingerprint density at radius 3 is 2.48 bits per heavy atom. The van der Waals surface area contributed by atoms with E-state index < -0.39 is 15.8 Å². The third-order valence-corrected chi connectivity index (χ3v) is 4.39. The van der Waals surface area contributed by atoms with E-state index in [9.17, 15) is 12.8 Å². The Bertz CT molecular complexity index is 799. The smallest absolute Gasteiger partial charge is 0.261 e. The van der Waals surface area contributed by atoms with Gasteiger partial charge in [0.1, 0.15) is 0 Å². The molecule has 2 aromatic rings. The van der Waals surface area contributed by atoms with Gasteiger partial charge in [-0.3, -0.25) is 4.72 Å². The summed E-state index contributed by atoms with van der Waals surface area (Å²) in [7, 11) is -3.92. The molecule has 0 heterocycles. The molecule has 0 aromatic heterocycles. The summed E-state index contributed by atoms with van der Waals surface area (Å²) < 4.78 is 40.2. The van der Waals surface area contributed by atoms with Crippen molar-refractivity contribution in [2.24, 2.45) is 0 Å². The molecular formula is C14H10ClFN2O2S. The zero-order valence-corrected chi connectivity index (χ0v) is 12.2. The summed E-state index contributed by atoms with van der Waals surface area (Å²) >= 11 is 5.60. The van der Waals surface area contributed by atoms with Crippen LogP contribution in [0.4, 0.5) is 10.1 Å². The Morgan fingerprint density at radius 1 is 1.19 bits per heavy atom. The van der Waals surface area contributed by atoms with Gasteiger partial charge in [-0.1, -0.05) is 29.8 Å². The molecule has 0 amide bonds. The number of halogens is 2. The fourth-order valence-corrected chi connectivity index (χ4v) is 2.90. The largest absolute Gasteiger partial charge is 0.277 e. The van der Waals surface area contributed by atoms with E-state index in [2.05, 4.69) is 4.72 Å².